The van der Waals surface area contributed by atoms with Gasteiger partial charge in [0.05, 0.1) is 0 Å². The zero-order valence-electron chi connectivity index (χ0n) is 15.9. The molecular weight excluding hydrogens is 350 g/mol. The molecular formula is C23H25N3O2. The SMILES string of the molecule is O=C(COc1ccc2ccccc2c1)NCC1CCN(c2ccncc2)CC1. The van der Waals surface area contributed by atoms with Crippen LogP contribution in [0.2, 0.25) is 0 Å². The molecule has 1 aromatic heterocycles. The van der Waals surface area contributed by atoms with Gasteiger partial charge in [0, 0.05) is 37.7 Å². The molecule has 3 aromatic rings. The van der Waals surface area contributed by atoms with Crippen molar-refractivity contribution in [3.8, 4) is 5.75 Å². The molecule has 0 spiro atoms. The molecule has 1 fully saturated rings. The number of carbonyl (C=O) groups is 1. The monoisotopic (exact) mass is 375 g/mol. The molecule has 0 saturated carbocycles. The molecule has 28 heavy (non-hydrogen) atoms. The zero-order valence-corrected chi connectivity index (χ0v) is 15.9. The number of fused-ring (bicyclic) bond motifs is 1. The van der Waals surface area contributed by atoms with Crippen molar-refractivity contribution in [3.63, 3.8) is 0 Å². The van der Waals surface area contributed by atoms with Gasteiger partial charge in [0.2, 0.25) is 0 Å². The molecule has 144 valence electrons. The molecule has 1 aliphatic rings. The lowest BCUT2D eigenvalue weighted by molar-refractivity contribution is -0.123. The van der Waals surface area contributed by atoms with Crippen LogP contribution in [0.15, 0.2) is 67.0 Å². The Morgan fingerprint density at radius 2 is 1.79 bits per heavy atom. The maximum atomic E-state index is 12.2. The van der Waals surface area contributed by atoms with Gasteiger partial charge in [0.1, 0.15) is 5.75 Å². The Labute approximate surface area is 165 Å². The van der Waals surface area contributed by atoms with Gasteiger partial charge in [-0.25, -0.2) is 0 Å². The van der Waals surface area contributed by atoms with Crippen molar-refractivity contribution < 1.29 is 9.53 Å². The minimum Gasteiger partial charge on any atom is -0.484 e. The number of pyridine rings is 1. The van der Waals surface area contributed by atoms with E-state index in [1.807, 2.05) is 60.9 Å². The predicted molar refractivity (Wildman–Crippen MR) is 112 cm³/mol. The molecule has 5 heteroatoms. The van der Waals surface area contributed by atoms with Crippen LogP contribution < -0.4 is 15.0 Å². The second-order valence-corrected chi connectivity index (χ2v) is 7.24. The number of nitrogens with zero attached hydrogens (tertiary/aromatic N) is 2. The van der Waals surface area contributed by atoms with E-state index in [9.17, 15) is 4.79 Å². The summed E-state index contributed by atoms with van der Waals surface area (Å²) in [6, 6.07) is 18.1. The lowest BCUT2D eigenvalue weighted by Crippen LogP contribution is -2.39. The summed E-state index contributed by atoms with van der Waals surface area (Å²) in [6.45, 7) is 2.79. The van der Waals surface area contributed by atoms with Gasteiger partial charge in [0.25, 0.3) is 5.91 Å². The highest BCUT2D eigenvalue weighted by molar-refractivity contribution is 5.84. The van der Waals surface area contributed by atoms with Gasteiger partial charge in [-0.05, 0) is 53.8 Å². The van der Waals surface area contributed by atoms with Gasteiger partial charge in [-0.2, -0.15) is 0 Å². The lowest BCUT2D eigenvalue weighted by atomic mass is 9.96. The van der Waals surface area contributed by atoms with Crippen molar-refractivity contribution in [2.75, 3.05) is 31.1 Å². The summed E-state index contributed by atoms with van der Waals surface area (Å²) in [5.74, 6) is 1.17. The number of hydrogen-bond donors (Lipinski definition) is 1. The van der Waals surface area contributed by atoms with E-state index >= 15 is 0 Å². The number of benzene rings is 2. The van der Waals surface area contributed by atoms with Crippen LogP contribution in [0.5, 0.6) is 5.75 Å². The second-order valence-electron chi connectivity index (χ2n) is 7.24. The van der Waals surface area contributed by atoms with E-state index in [4.69, 9.17) is 4.74 Å². The predicted octanol–water partition coefficient (Wildman–Crippen LogP) is 3.65. The summed E-state index contributed by atoms with van der Waals surface area (Å²) in [5.41, 5.74) is 1.22. The summed E-state index contributed by atoms with van der Waals surface area (Å²) >= 11 is 0. The third-order valence-electron chi connectivity index (χ3n) is 5.32. The van der Waals surface area contributed by atoms with Crippen molar-refractivity contribution >= 4 is 22.4 Å². The molecule has 1 amide bonds. The molecule has 4 rings (SSSR count). The molecule has 0 aliphatic carbocycles. The third-order valence-corrected chi connectivity index (χ3v) is 5.32. The first-order valence-electron chi connectivity index (χ1n) is 9.81. The van der Waals surface area contributed by atoms with E-state index in [-0.39, 0.29) is 12.5 Å². The molecule has 2 heterocycles. The van der Waals surface area contributed by atoms with Crippen LogP contribution in [0.1, 0.15) is 12.8 Å². The quantitative estimate of drug-likeness (QED) is 0.715. The average molecular weight is 375 g/mol. The largest absolute Gasteiger partial charge is 0.484 e. The Morgan fingerprint density at radius 1 is 1.04 bits per heavy atom. The van der Waals surface area contributed by atoms with Crippen LogP contribution in [-0.4, -0.2) is 37.1 Å². The summed E-state index contributed by atoms with van der Waals surface area (Å²) in [6.07, 6.45) is 5.82. The van der Waals surface area contributed by atoms with Gasteiger partial charge in [-0.1, -0.05) is 30.3 Å². The van der Waals surface area contributed by atoms with Crippen molar-refractivity contribution in [3.05, 3.63) is 67.0 Å². The van der Waals surface area contributed by atoms with Gasteiger partial charge < -0.3 is 15.0 Å². The maximum Gasteiger partial charge on any atom is 0.257 e. The van der Waals surface area contributed by atoms with Crippen LogP contribution in [-0.2, 0) is 4.79 Å². The van der Waals surface area contributed by atoms with Crippen LogP contribution in [0, 0.1) is 5.92 Å². The van der Waals surface area contributed by atoms with Gasteiger partial charge in [-0.15, -0.1) is 0 Å². The highest BCUT2D eigenvalue weighted by Gasteiger charge is 2.20. The number of amides is 1. The Hall–Kier alpha value is -3.08. The molecule has 1 saturated heterocycles. The Balaban J connectivity index is 1.19. The molecule has 0 radical (unpaired) electrons. The summed E-state index contributed by atoms with van der Waals surface area (Å²) < 4.78 is 5.66. The summed E-state index contributed by atoms with van der Waals surface area (Å²) in [7, 11) is 0. The van der Waals surface area contributed by atoms with Crippen LogP contribution >= 0.6 is 0 Å². The lowest BCUT2D eigenvalue weighted by Gasteiger charge is -2.33. The average Bonchev–Trinajstić information content (AvgIpc) is 2.77. The zero-order chi connectivity index (χ0) is 19.2. The second kappa shape index (κ2) is 8.74. The van der Waals surface area contributed by atoms with Crippen molar-refractivity contribution in [2.45, 2.75) is 12.8 Å². The highest BCUT2D eigenvalue weighted by atomic mass is 16.5. The number of nitrogens with one attached hydrogen (secondary N) is 1. The van der Waals surface area contributed by atoms with E-state index in [0.717, 1.165) is 42.5 Å². The minimum absolute atomic E-state index is 0.0498. The molecule has 0 unspecified atom stereocenters. The van der Waals surface area contributed by atoms with Crippen molar-refractivity contribution in [1.29, 1.82) is 0 Å². The van der Waals surface area contributed by atoms with E-state index in [1.54, 1.807) is 0 Å². The first-order valence-corrected chi connectivity index (χ1v) is 9.81. The summed E-state index contributed by atoms with van der Waals surface area (Å²) in [5, 5.41) is 5.30. The molecule has 2 aromatic carbocycles. The molecule has 5 nitrogen and oxygen atoms in total. The number of anilines is 1. The fourth-order valence-electron chi connectivity index (χ4n) is 3.67. The number of carbonyl (C=O) groups excluding carboxylic acids is 1. The molecule has 0 atom stereocenters. The van der Waals surface area contributed by atoms with Crippen molar-refractivity contribution in [2.24, 2.45) is 5.92 Å². The topological polar surface area (TPSA) is 54.5 Å². The van der Waals surface area contributed by atoms with Crippen molar-refractivity contribution in [1.82, 2.24) is 10.3 Å². The molecule has 1 aliphatic heterocycles. The number of aromatic nitrogens is 1. The number of piperidine rings is 1. The number of rotatable bonds is 6. The number of ether oxygens (including phenoxy) is 1. The fraction of sp³-hybridized carbons (Fsp3) is 0.304. The Morgan fingerprint density at radius 3 is 2.57 bits per heavy atom. The van der Waals surface area contributed by atoms with Gasteiger partial charge in [0.15, 0.2) is 6.61 Å². The third kappa shape index (κ3) is 4.60. The molecule has 0 bridgehead atoms. The smallest absolute Gasteiger partial charge is 0.257 e. The normalized spacial score (nSPS) is 14.8. The standard InChI is InChI=1S/C23H25N3O2/c27-23(17-28-22-6-5-19-3-1-2-4-20(19)15-22)25-16-18-9-13-26(14-10-18)21-7-11-24-12-8-21/h1-8,11-12,15,18H,9-10,13-14,16-17H2,(H,25,27). The maximum absolute atomic E-state index is 12.2. The fourth-order valence-corrected chi connectivity index (χ4v) is 3.67. The minimum atomic E-state index is -0.0651. The number of hydrogen-bond acceptors (Lipinski definition) is 4. The van der Waals surface area contributed by atoms with Crippen LogP contribution in [0.4, 0.5) is 5.69 Å². The van der Waals surface area contributed by atoms with E-state index in [1.165, 1.54) is 5.69 Å². The van der Waals surface area contributed by atoms with E-state index in [2.05, 4.69) is 21.3 Å². The Kier molecular flexibility index (Phi) is 5.71. The summed E-state index contributed by atoms with van der Waals surface area (Å²) in [4.78, 5) is 18.6. The van der Waals surface area contributed by atoms with E-state index in [0.29, 0.717) is 12.5 Å². The first-order chi connectivity index (χ1) is 13.8. The highest BCUT2D eigenvalue weighted by Crippen LogP contribution is 2.22. The van der Waals surface area contributed by atoms with Gasteiger partial charge in [-0.3, -0.25) is 9.78 Å². The van der Waals surface area contributed by atoms with Crippen LogP contribution in [0.25, 0.3) is 10.8 Å². The first kappa shape index (κ1) is 18.3. The molecule has 1 N–H and O–H groups in total. The van der Waals surface area contributed by atoms with Crippen LogP contribution in [0.3, 0.4) is 0 Å². The van der Waals surface area contributed by atoms with Gasteiger partial charge >= 0.3 is 0 Å². The van der Waals surface area contributed by atoms with E-state index < -0.39 is 0 Å². The Bertz CT molecular complexity index is 921.